The minimum atomic E-state index is 0.566. The highest BCUT2D eigenvalue weighted by Crippen LogP contribution is 2.41. The SMILES string of the molecule is COc1cc(OC)c2cc(OC)c(-c3ccc(OC)c(OC)c3)[o+]c2c1. The molecule has 0 aliphatic rings. The molecule has 0 atom stereocenters. The van der Waals surface area contributed by atoms with Gasteiger partial charge in [-0.2, -0.15) is 0 Å². The van der Waals surface area contributed by atoms with Gasteiger partial charge in [0.2, 0.25) is 5.75 Å². The molecule has 0 spiro atoms. The summed E-state index contributed by atoms with van der Waals surface area (Å²) in [4.78, 5) is 0. The van der Waals surface area contributed by atoms with Crippen molar-refractivity contribution >= 4 is 11.0 Å². The zero-order chi connectivity index (χ0) is 18.7. The Labute approximate surface area is 151 Å². The van der Waals surface area contributed by atoms with Crippen LogP contribution in [0.5, 0.6) is 28.7 Å². The number of methoxy groups -OCH3 is 5. The van der Waals surface area contributed by atoms with Crippen molar-refractivity contribution < 1.29 is 28.1 Å². The van der Waals surface area contributed by atoms with Crippen molar-refractivity contribution in [3.63, 3.8) is 0 Å². The summed E-state index contributed by atoms with van der Waals surface area (Å²) in [6, 6.07) is 11.0. The van der Waals surface area contributed by atoms with E-state index in [0.717, 1.165) is 10.9 Å². The molecule has 1 heterocycles. The van der Waals surface area contributed by atoms with Crippen molar-refractivity contribution in [2.45, 2.75) is 0 Å². The first-order valence-corrected chi connectivity index (χ1v) is 7.94. The summed E-state index contributed by atoms with van der Waals surface area (Å²) < 4.78 is 33.1. The molecule has 0 bridgehead atoms. The topological polar surface area (TPSA) is 57.5 Å². The van der Waals surface area contributed by atoms with Gasteiger partial charge in [0.05, 0.1) is 47.2 Å². The first kappa shape index (κ1) is 17.7. The van der Waals surface area contributed by atoms with Crippen LogP contribution in [0.15, 0.2) is 40.8 Å². The monoisotopic (exact) mass is 357 g/mol. The largest absolute Gasteiger partial charge is 0.496 e. The Morgan fingerprint density at radius 3 is 1.92 bits per heavy atom. The third kappa shape index (κ3) is 3.06. The fourth-order valence-corrected chi connectivity index (χ4v) is 2.78. The van der Waals surface area contributed by atoms with E-state index in [2.05, 4.69) is 0 Å². The van der Waals surface area contributed by atoms with Gasteiger partial charge in [0.15, 0.2) is 11.5 Å². The predicted molar refractivity (Wildman–Crippen MR) is 98.8 cm³/mol. The lowest BCUT2D eigenvalue weighted by Gasteiger charge is -2.09. The van der Waals surface area contributed by atoms with Crippen LogP contribution in [-0.2, 0) is 0 Å². The molecule has 6 nitrogen and oxygen atoms in total. The van der Waals surface area contributed by atoms with Crippen LogP contribution in [0.2, 0.25) is 0 Å². The molecule has 136 valence electrons. The van der Waals surface area contributed by atoms with Crippen LogP contribution in [0.3, 0.4) is 0 Å². The zero-order valence-corrected chi connectivity index (χ0v) is 15.4. The third-order valence-corrected chi connectivity index (χ3v) is 4.11. The van der Waals surface area contributed by atoms with E-state index in [4.69, 9.17) is 28.1 Å². The standard InChI is InChI=1S/C20H21O6/c1-21-13-9-16(23-3)14-11-19(25-5)20(26-17(14)10-13)12-6-7-15(22-2)18(8-12)24-4/h6-11H,1-5H3/q+1. The van der Waals surface area contributed by atoms with Gasteiger partial charge < -0.3 is 23.7 Å². The molecule has 2 aromatic carbocycles. The lowest BCUT2D eigenvalue weighted by Crippen LogP contribution is -1.94. The number of hydrogen-bond donors (Lipinski definition) is 0. The second-order valence-corrected chi connectivity index (χ2v) is 5.46. The summed E-state index contributed by atoms with van der Waals surface area (Å²) in [5.41, 5.74) is 1.41. The molecule has 0 saturated carbocycles. The van der Waals surface area contributed by atoms with Crippen LogP contribution < -0.4 is 23.7 Å². The van der Waals surface area contributed by atoms with Crippen molar-refractivity contribution in [2.24, 2.45) is 0 Å². The van der Waals surface area contributed by atoms with Crippen LogP contribution in [0, 0.1) is 0 Å². The number of fused-ring (bicyclic) bond motifs is 1. The van der Waals surface area contributed by atoms with Crippen LogP contribution in [0.1, 0.15) is 0 Å². The molecule has 0 radical (unpaired) electrons. The quantitative estimate of drug-likeness (QED) is 0.609. The summed E-state index contributed by atoms with van der Waals surface area (Å²) in [6.45, 7) is 0. The summed E-state index contributed by atoms with van der Waals surface area (Å²) in [6.07, 6.45) is 0. The number of rotatable bonds is 6. The van der Waals surface area contributed by atoms with Crippen LogP contribution >= 0.6 is 0 Å². The second-order valence-electron chi connectivity index (χ2n) is 5.46. The summed E-state index contributed by atoms with van der Waals surface area (Å²) in [5, 5.41) is 0.786. The number of benzene rings is 2. The molecular weight excluding hydrogens is 336 g/mol. The molecule has 0 unspecified atom stereocenters. The van der Waals surface area contributed by atoms with E-state index >= 15 is 0 Å². The van der Waals surface area contributed by atoms with E-state index < -0.39 is 0 Å². The molecule has 0 aliphatic carbocycles. The lowest BCUT2D eigenvalue weighted by atomic mass is 10.1. The van der Waals surface area contributed by atoms with E-state index in [9.17, 15) is 0 Å². The Morgan fingerprint density at radius 2 is 1.31 bits per heavy atom. The maximum Gasteiger partial charge on any atom is 0.402 e. The van der Waals surface area contributed by atoms with Crippen LogP contribution in [0.4, 0.5) is 0 Å². The molecular formula is C20H21O6+. The van der Waals surface area contributed by atoms with Gasteiger partial charge in [-0.15, -0.1) is 0 Å². The number of ether oxygens (including phenoxy) is 5. The highest BCUT2D eigenvalue weighted by molar-refractivity contribution is 5.89. The van der Waals surface area contributed by atoms with E-state index in [1.807, 2.05) is 30.3 Å². The maximum atomic E-state index is 6.15. The first-order valence-electron chi connectivity index (χ1n) is 7.94. The second kappa shape index (κ2) is 7.39. The van der Waals surface area contributed by atoms with Gasteiger partial charge in [-0.3, -0.25) is 0 Å². The zero-order valence-electron chi connectivity index (χ0n) is 15.4. The summed E-state index contributed by atoms with van der Waals surface area (Å²) in [5.74, 6) is 3.66. The lowest BCUT2D eigenvalue weighted by molar-refractivity contribution is 0.355. The minimum absolute atomic E-state index is 0.566. The van der Waals surface area contributed by atoms with Gasteiger partial charge >= 0.3 is 11.3 Å². The Hall–Kier alpha value is -3.15. The average molecular weight is 357 g/mol. The van der Waals surface area contributed by atoms with Gasteiger partial charge in [-0.25, -0.2) is 4.42 Å². The molecule has 3 rings (SSSR count). The van der Waals surface area contributed by atoms with Gasteiger partial charge in [0.25, 0.3) is 0 Å². The van der Waals surface area contributed by atoms with Crippen molar-refractivity contribution in [2.75, 3.05) is 35.5 Å². The fraction of sp³-hybridized carbons (Fsp3) is 0.250. The molecule has 0 aliphatic heterocycles. The van der Waals surface area contributed by atoms with E-state index in [1.54, 1.807) is 41.6 Å². The Balaban J connectivity index is 2.25. The normalized spacial score (nSPS) is 10.5. The maximum absolute atomic E-state index is 6.15. The Bertz CT molecular complexity index is 935. The van der Waals surface area contributed by atoms with Crippen molar-refractivity contribution in [3.8, 4) is 40.1 Å². The van der Waals surface area contributed by atoms with Gasteiger partial charge in [-0.1, -0.05) is 0 Å². The van der Waals surface area contributed by atoms with Gasteiger partial charge in [-0.05, 0) is 12.1 Å². The van der Waals surface area contributed by atoms with Gasteiger partial charge in [0.1, 0.15) is 16.9 Å². The Morgan fingerprint density at radius 1 is 0.615 bits per heavy atom. The van der Waals surface area contributed by atoms with E-state index in [-0.39, 0.29) is 0 Å². The molecule has 0 N–H and O–H groups in total. The highest BCUT2D eigenvalue weighted by Gasteiger charge is 2.26. The van der Waals surface area contributed by atoms with Crippen LogP contribution in [-0.4, -0.2) is 35.5 Å². The minimum Gasteiger partial charge on any atom is -0.496 e. The smallest absolute Gasteiger partial charge is 0.402 e. The Kier molecular flexibility index (Phi) is 5.02. The molecule has 6 heteroatoms. The first-order chi connectivity index (χ1) is 12.6. The summed E-state index contributed by atoms with van der Waals surface area (Å²) in [7, 11) is 7.97. The third-order valence-electron chi connectivity index (χ3n) is 4.11. The van der Waals surface area contributed by atoms with Crippen LogP contribution in [0.25, 0.3) is 22.3 Å². The van der Waals surface area contributed by atoms with Crippen molar-refractivity contribution in [3.05, 3.63) is 36.4 Å². The molecule has 0 fully saturated rings. The van der Waals surface area contributed by atoms with Crippen molar-refractivity contribution in [1.29, 1.82) is 0 Å². The predicted octanol–water partition coefficient (Wildman–Crippen LogP) is 4.42. The number of hydrogen-bond acceptors (Lipinski definition) is 5. The highest BCUT2D eigenvalue weighted by atomic mass is 16.5. The van der Waals surface area contributed by atoms with Gasteiger partial charge in [0, 0.05) is 18.2 Å². The fourth-order valence-electron chi connectivity index (χ4n) is 2.78. The molecule has 26 heavy (non-hydrogen) atoms. The average Bonchev–Trinajstić information content (AvgIpc) is 2.71. The molecule has 0 saturated heterocycles. The molecule has 3 aromatic rings. The molecule has 0 amide bonds. The summed E-state index contributed by atoms with van der Waals surface area (Å²) >= 11 is 0. The van der Waals surface area contributed by atoms with E-state index in [0.29, 0.717) is 40.1 Å². The van der Waals surface area contributed by atoms with E-state index in [1.165, 1.54) is 0 Å². The molecule has 1 aromatic heterocycles. The van der Waals surface area contributed by atoms with Crippen molar-refractivity contribution in [1.82, 2.24) is 0 Å².